The molecule has 1 unspecified atom stereocenters. The Bertz CT molecular complexity index is 586. The lowest BCUT2D eigenvalue weighted by Gasteiger charge is -2.34. The van der Waals surface area contributed by atoms with E-state index in [2.05, 4.69) is 34.3 Å². The summed E-state index contributed by atoms with van der Waals surface area (Å²) in [6.45, 7) is 3.86. The molecule has 4 nitrogen and oxygen atoms in total. The van der Waals surface area contributed by atoms with Gasteiger partial charge in [-0.15, -0.1) is 0 Å². The minimum absolute atomic E-state index is 0.203. The Morgan fingerprint density at radius 2 is 2.26 bits per heavy atom. The van der Waals surface area contributed by atoms with Crippen molar-refractivity contribution >= 4 is 10.9 Å². The molecule has 1 saturated heterocycles. The summed E-state index contributed by atoms with van der Waals surface area (Å²) >= 11 is 0. The smallest absolute Gasteiger partial charge is 0.104 e. The quantitative estimate of drug-likeness (QED) is 0.850. The van der Waals surface area contributed by atoms with Gasteiger partial charge in [-0.1, -0.05) is 18.2 Å². The molecule has 2 atom stereocenters. The van der Waals surface area contributed by atoms with Crippen LogP contribution >= 0.6 is 0 Å². The van der Waals surface area contributed by atoms with Gasteiger partial charge in [-0.05, 0) is 25.5 Å². The van der Waals surface area contributed by atoms with Crippen LogP contribution in [0.4, 0.5) is 0 Å². The van der Waals surface area contributed by atoms with E-state index in [0.717, 1.165) is 31.8 Å². The molecule has 0 spiro atoms. The van der Waals surface area contributed by atoms with Crippen LogP contribution in [0.5, 0.6) is 0 Å². The number of nitrogens with one attached hydrogen (secondary N) is 1. The highest BCUT2D eigenvalue weighted by molar-refractivity contribution is 5.82. The van der Waals surface area contributed by atoms with Gasteiger partial charge in [0.05, 0.1) is 24.4 Å². The third-order valence-electron chi connectivity index (χ3n) is 4.32. The molecule has 2 aromatic rings. The second-order valence-electron chi connectivity index (χ2n) is 5.52. The Hall–Kier alpha value is -1.39. The minimum Gasteiger partial charge on any atom is -0.370 e. The predicted octanol–water partition coefficient (Wildman–Crippen LogP) is 2.11. The summed E-state index contributed by atoms with van der Waals surface area (Å²) in [5, 5.41) is 9.47. The zero-order valence-corrected chi connectivity index (χ0v) is 11.0. The number of nitrogens with zero attached hydrogens (tertiary/aromatic N) is 2. The van der Waals surface area contributed by atoms with Crippen molar-refractivity contribution in [2.45, 2.75) is 25.5 Å². The first-order valence-corrected chi connectivity index (χ1v) is 7.21. The van der Waals surface area contributed by atoms with Crippen LogP contribution in [0, 0.1) is 5.92 Å². The van der Waals surface area contributed by atoms with Crippen molar-refractivity contribution in [2.75, 3.05) is 19.7 Å². The number of rotatable bonds is 1. The highest BCUT2D eigenvalue weighted by Crippen LogP contribution is 2.36. The first-order chi connectivity index (χ1) is 9.43. The highest BCUT2D eigenvalue weighted by Gasteiger charge is 2.32. The lowest BCUT2D eigenvalue weighted by Crippen LogP contribution is -2.37. The van der Waals surface area contributed by atoms with Crippen LogP contribution in [0.3, 0.4) is 0 Å². The standard InChI is InChI=1S/C15H19N3O/c1-2-6-13-12(5-1)14-15(11-4-3-7-16-10-11)19-9-8-18(14)17-13/h1-2,5-6,11,15-16H,3-4,7-10H2/t11-,15?/m1/s1. The van der Waals surface area contributed by atoms with Gasteiger partial charge in [0.2, 0.25) is 0 Å². The number of hydrogen-bond acceptors (Lipinski definition) is 3. The molecule has 100 valence electrons. The van der Waals surface area contributed by atoms with E-state index in [9.17, 15) is 0 Å². The van der Waals surface area contributed by atoms with Crippen LogP contribution in [0.1, 0.15) is 24.6 Å². The van der Waals surface area contributed by atoms with E-state index >= 15 is 0 Å². The largest absolute Gasteiger partial charge is 0.370 e. The number of ether oxygens (including phenoxy) is 1. The van der Waals surface area contributed by atoms with E-state index in [1.807, 2.05) is 0 Å². The molecular weight excluding hydrogens is 238 g/mol. The first kappa shape index (κ1) is 11.4. The summed E-state index contributed by atoms with van der Waals surface area (Å²) in [5.74, 6) is 0.577. The van der Waals surface area contributed by atoms with Crippen LogP contribution in [-0.2, 0) is 11.3 Å². The fourth-order valence-corrected chi connectivity index (χ4v) is 3.41. The van der Waals surface area contributed by atoms with Crippen LogP contribution in [0.25, 0.3) is 10.9 Å². The van der Waals surface area contributed by atoms with Crippen molar-refractivity contribution in [3.8, 4) is 0 Å². The highest BCUT2D eigenvalue weighted by atomic mass is 16.5. The van der Waals surface area contributed by atoms with Gasteiger partial charge in [0.15, 0.2) is 0 Å². The molecule has 3 heterocycles. The van der Waals surface area contributed by atoms with Gasteiger partial charge >= 0.3 is 0 Å². The van der Waals surface area contributed by atoms with Gasteiger partial charge in [-0.2, -0.15) is 5.10 Å². The molecule has 0 radical (unpaired) electrons. The molecular formula is C15H19N3O. The number of benzene rings is 1. The van der Waals surface area contributed by atoms with Crippen molar-refractivity contribution < 1.29 is 4.74 Å². The molecule has 1 fully saturated rings. The molecule has 0 bridgehead atoms. The van der Waals surface area contributed by atoms with Gasteiger partial charge < -0.3 is 10.1 Å². The Labute approximate surface area is 112 Å². The summed E-state index contributed by atoms with van der Waals surface area (Å²) in [5.41, 5.74) is 2.38. The average molecular weight is 257 g/mol. The fourth-order valence-electron chi connectivity index (χ4n) is 3.41. The molecule has 4 rings (SSSR count). The molecule has 0 saturated carbocycles. The summed E-state index contributed by atoms with van der Waals surface area (Å²) in [7, 11) is 0. The number of aromatic nitrogens is 2. The third kappa shape index (κ3) is 1.86. The van der Waals surface area contributed by atoms with E-state index in [-0.39, 0.29) is 6.10 Å². The molecule has 0 amide bonds. The topological polar surface area (TPSA) is 39.1 Å². The number of hydrogen-bond donors (Lipinski definition) is 1. The monoisotopic (exact) mass is 257 g/mol. The third-order valence-corrected chi connectivity index (χ3v) is 4.32. The summed E-state index contributed by atoms with van der Waals surface area (Å²) < 4.78 is 8.27. The van der Waals surface area contributed by atoms with Crippen molar-refractivity contribution in [1.82, 2.24) is 15.1 Å². The number of fused-ring (bicyclic) bond motifs is 3. The first-order valence-electron chi connectivity index (χ1n) is 7.21. The van der Waals surface area contributed by atoms with Gasteiger partial charge in [0.1, 0.15) is 6.10 Å². The Morgan fingerprint density at radius 1 is 1.32 bits per heavy atom. The van der Waals surface area contributed by atoms with Gasteiger partial charge in [0, 0.05) is 17.8 Å². The van der Waals surface area contributed by atoms with E-state index in [1.165, 1.54) is 23.9 Å². The zero-order valence-electron chi connectivity index (χ0n) is 11.0. The fraction of sp³-hybridized carbons (Fsp3) is 0.533. The van der Waals surface area contributed by atoms with Gasteiger partial charge in [-0.25, -0.2) is 0 Å². The molecule has 2 aliphatic rings. The van der Waals surface area contributed by atoms with Crippen molar-refractivity contribution in [3.05, 3.63) is 30.0 Å². The molecule has 1 aromatic carbocycles. The maximum absolute atomic E-state index is 6.11. The lowest BCUT2D eigenvalue weighted by atomic mass is 9.90. The summed E-state index contributed by atoms with van der Waals surface area (Å²) in [6, 6.07) is 8.41. The second-order valence-corrected chi connectivity index (χ2v) is 5.52. The second kappa shape index (κ2) is 4.62. The van der Waals surface area contributed by atoms with Crippen molar-refractivity contribution in [1.29, 1.82) is 0 Å². The van der Waals surface area contributed by atoms with Crippen LogP contribution in [-0.4, -0.2) is 29.5 Å². The molecule has 19 heavy (non-hydrogen) atoms. The van der Waals surface area contributed by atoms with E-state index in [1.54, 1.807) is 0 Å². The SMILES string of the molecule is c1ccc2c3n(nc2c1)CCOC3[C@@H]1CCCNC1. The minimum atomic E-state index is 0.203. The Morgan fingerprint density at radius 3 is 3.16 bits per heavy atom. The Balaban J connectivity index is 1.80. The van der Waals surface area contributed by atoms with Crippen molar-refractivity contribution in [3.63, 3.8) is 0 Å². The van der Waals surface area contributed by atoms with Crippen LogP contribution < -0.4 is 5.32 Å². The average Bonchev–Trinajstić information content (AvgIpc) is 2.86. The lowest BCUT2D eigenvalue weighted by molar-refractivity contribution is -0.0257. The molecule has 1 aromatic heterocycles. The predicted molar refractivity (Wildman–Crippen MR) is 74.0 cm³/mol. The molecule has 1 N–H and O–H groups in total. The van der Waals surface area contributed by atoms with Crippen LogP contribution in [0.15, 0.2) is 24.3 Å². The summed E-state index contributed by atoms with van der Waals surface area (Å²) in [4.78, 5) is 0. The van der Waals surface area contributed by atoms with E-state index in [0.29, 0.717) is 5.92 Å². The Kier molecular flexibility index (Phi) is 2.78. The zero-order chi connectivity index (χ0) is 12.7. The van der Waals surface area contributed by atoms with Crippen molar-refractivity contribution in [2.24, 2.45) is 5.92 Å². The number of piperidine rings is 1. The van der Waals surface area contributed by atoms with Gasteiger partial charge in [0.25, 0.3) is 0 Å². The molecule has 4 heteroatoms. The maximum atomic E-state index is 6.11. The molecule has 2 aliphatic heterocycles. The molecule has 0 aliphatic carbocycles. The van der Waals surface area contributed by atoms with Gasteiger partial charge in [-0.3, -0.25) is 4.68 Å². The van der Waals surface area contributed by atoms with E-state index < -0.39 is 0 Å². The normalized spacial score (nSPS) is 27.4. The maximum Gasteiger partial charge on any atom is 0.104 e. The summed E-state index contributed by atoms with van der Waals surface area (Å²) in [6.07, 6.45) is 2.70. The van der Waals surface area contributed by atoms with E-state index in [4.69, 9.17) is 9.84 Å². The van der Waals surface area contributed by atoms with Crippen LogP contribution in [0.2, 0.25) is 0 Å².